The van der Waals surface area contributed by atoms with Crippen LogP contribution in [0.4, 0.5) is 5.13 Å². The Kier molecular flexibility index (Phi) is 4.42. The standard InChI is InChI=1S/C16H12ClN7O2S/c1-23-13-10(6-19-23)15(26)24(8-18-13)7-12(25)20-16-22-21-14(27-16)9-4-2-3-5-11(9)17/h2-6,8H,7H2,1H3,(H,20,22,25). The monoisotopic (exact) mass is 401 g/mol. The number of carbonyl (C=O) groups is 1. The summed E-state index contributed by atoms with van der Waals surface area (Å²) in [6, 6.07) is 7.24. The van der Waals surface area contributed by atoms with Gasteiger partial charge in [-0.15, -0.1) is 10.2 Å². The van der Waals surface area contributed by atoms with Gasteiger partial charge >= 0.3 is 0 Å². The molecule has 4 rings (SSSR count). The summed E-state index contributed by atoms with van der Waals surface area (Å²) in [6.07, 6.45) is 2.75. The lowest BCUT2D eigenvalue weighted by Gasteiger charge is -2.04. The summed E-state index contributed by atoms with van der Waals surface area (Å²) < 4.78 is 2.72. The van der Waals surface area contributed by atoms with Gasteiger partial charge in [0.25, 0.3) is 5.56 Å². The molecule has 0 saturated heterocycles. The smallest absolute Gasteiger partial charge is 0.264 e. The van der Waals surface area contributed by atoms with E-state index in [4.69, 9.17) is 11.6 Å². The number of halogens is 1. The zero-order valence-corrected chi connectivity index (χ0v) is 15.5. The largest absolute Gasteiger partial charge is 0.299 e. The lowest BCUT2D eigenvalue weighted by Crippen LogP contribution is -2.27. The molecule has 4 aromatic rings. The Balaban J connectivity index is 1.51. The number of aryl methyl sites for hydroxylation is 1. The first-order chi connectivity index (χ1) is 13.0. The maximum atomic E-state index is 12.4. The molecule has 0 bridgehead atoms. The fourth-order valence-corrected chi connectivity index (χ4v) is 3.59. The van der Waals surface area contributed by atoms with Crippen molar-refractivity contribution in [3.05, 3.63) is 52.2 Å². The lowest BCUT2D eigenvalue weighted by atomic mass is 10.2. The fourth-order valence-electron chi connectivity index (χ4n) is 2.51. The van der Waals surface area contributed by atoms with Crippen LogP contribution in [0.2, 0.25) is 5.02 Å². The molecule has 1 aromatic carbocycles. The molecule has 0 aliphatic heterocycles. The Morgan fingerprint density at radius 3 is 2.93 bits per heavy atom. The van der Waals surface area contributed by atoms with Crippen LogP contribution in [0.1, 0.15) is 0 Å². The molecule has 9 nitrogen and oxygen atoms in total. The van der Waals surface area contributed by atoms with Crippen LogP contribution < -0.4 is 10.9 Å². The Bertz CT molecular complexity index is 1210. The molecule has 0 radical (unpaired) electrons. The minimum atomic E-state index is -0.413. The molecular weight excluding hydrogens is 390 g/mol. The number of amides is 1. The van der Waals surface area contributed by atoms with E-state index in [1.165, 1.54) is 33.1 Å². The minimum Gasteiger partial charge on any atom is -0.299 e. The van der Waals surface area contributed by atoms with Crippen molar-refractivity contribution in [1.82, 2.24) is 29.5 Å². The van der Waals surface area contributed by atoms with E-state index < -0.39 is 5.91 Å². The number of hydrogen-bond acceptors (Lipinski definition) is 7. The van der Waals surface area contributed by atoms with E-state index in [0.717, 1.165) is 5.56 Å². The topological polar surface area (TPSA) is 108 Å². The zero-order valence-electron chi connectivity index (χ0n) is 14.0. The second-order valence-electron chi connectivity index (χ2n) is 5.62. The average Bonchev–Trinajstić information content (AvgIpc) is 3.25. The van der Waals surface area contributed by atoms with Gasteiger partial charge in [-0.2, -0.15) is 5.10 Å². The summed E-state index contributed by atoms with van der Waals surface area (Å²) in [5.74, 6) is -0.413. The Hall–Kier alpha value is -3.11. The van der Waals surface area contributed by atoms with Gasteiger partial charge in [-0.3, -0.25) is 24.2 Å². The lowest BCUT2D eigenvalue weighted by molar-refractivity contribution is -0.116. The van der Waals surface area contributed by atoms with E-state index in [0.29, 0.717) is 26.2 Å². The average molecular weight is 402 g/mol. The first kappa shape index (κ1) is 17.3. The molecule has 1 N–H and O–H groups in total. The third-order valence-corrected chi connectivity index (χ3v) is 5.01. The van der Waals surface area contributed by atoms with Crippen molar-refractivity contribution in [2.75, 3.05) is 5.32 Å². The van der Waals surface area contributed by atoms with Gasteiger partial charge in [-0.1, -0.05) is 41.1 Å². The number of nitrogens with one attached hydrogen (secondary N) is 1. The van der Waals surface area contributed by atoms with Crippen LogP contribution in [0, 0.1) is 0 Å². The molecule has 11 heteroatoms. The van der Waals surface area contributed by atoms with Gasteiger partial charge in [0.05, 0.1) is 11.2 Å². The molecule has 3 heterocycles. The number of anilines is 1. The number of benzene rings is 1. The first-order valence-electron chi connectivity index (χ1n) is 7.78. The first-order valence-corrected chi connectivity index (χ1v) is 8.98. The van der Waals surface area contributed by atoms with Gasteiger partial charge in [0.15, 0.2) is 10.7 Å². The van der Waals surface area contributed by atoms with Crippen molar-refractivity contribution in [2.45, 2.75) is 6.54 Å². The number of fused-ring (bicyclic) bond motifs is 1. The highest BCUT2D eigenvalue weighted by molar-refractivity contribution is 7.18. The van der Waals surface area contributed by atoms with Crippen LogP contribution in [0.5, 0.6) is 0 Å². The Labute approximate surface area is 161 Å². The third-order valence-electron chi connectivity index (χ3n) is 3.81. The highest BCUT2D eigenvalue weighted by Crippen LogP contribution is 2.31. The second-order valence-corrected chi connectivity index (χ2v) is 7.01. The molecule has 0 aliphatic rings. The van der Waals surface area contributed by atoms with Crippen molar-refractivity contribution in [1.29, 1.82) is 0 Å². The summed E-state index contributed by atoms with van der Waals surface area (Å²) in [7, 11) is 1.69. The molecule has 27 heavy (non-hydrogen) atoms. The maximum Gasteiger partial charge on any atom is 0.264 e. The molecular formula is C16H12ClN7O2S. The highest BCUT2D eigenvalue weighted by Gasteiger charge is 2.14. The summed E-state index contributed by atoms with van der Waals surface area (Å²) in [6.45, 7) is -0.197. The molecule has 0 saturated carbocycles. The van der Waals surface area contributed by atoms with Crippen LogP contribution in [0.25, 0.3) is 21.6 Å². The number of aromatic nitrogens is 6. The van der Waals surface area contributed by atoms with Crippen LogP contribution in [-0.4, -0.2) is 35.4 Å². The van der Waals surface area contributed by atoms with E-state index >= 15 is 0 Å². The predicted octanol–water partition coefficient (Wildman–Crippen LogP) is 1.94. The van der Waals surface area contributed by atoms with Crippen molar-refractivity contribution in [2.24, 2.45) is 7.05 Å². The quantitative estimate of drug-likeness (QED) is 0.560. The van der Waals surface area contributed by atoms with E-state index in [-0.39, 0.29) is 12.1 Å². The van der Waals surface area contributed by atoms with Gasteiger partial charge < -0.3 is 0 Å². The van der Waals surface area contributed by atoms with Crippen LogP contribution in [-0.2, 0) is 18.4 Å². The van der Waals surface area contributed by atoms with E-state index in [1.54, 1.807) is 13.1 Å². The van der Waals surface area contributed by atoms with Crippen molar-refractivity contribution in [3.8, 4) is 10.6 Å². The van der Waals surface area contributed by atoms with Gasteiger partial charge in [-0.25, -0.2) is 4.98 Å². The predicted molar refractivity (Wildman–Crippen MR) is 102 cm³/mol. The normalized spacial score (nSPS) is 11.0. The molecule has 3 aromatic heterocycles. The van der Waals surface area contributed by atoms with Crippen molar-refractivity contribution >= 4 is 45.0 Å². The molecule has 0 spiro atoms. The van der Waals surface area contributed by atoms with Crippen LogP contribution in [0.15, 0.2) is 41.6 Å². The van der Waals surface area contributed by atoms with Crippen molar-refractivity contribution < 1.29 is 4.79 Å². The van der Waals surface area contributed by atoms with E-state index in [9.17, 15) is 9.59 Å². The molecule has 136 valence electrons. The van der Waals surface area contributed by atoms with Gasteiger partial charge in [0.2, 0.25) is 11.0 Å². The Morgan fingerprint density at radius 1 is 1.30 bits per heavy atom. The second kappa shape index (κ2) is 6.89. The number of hydrogen-bond donors (Lipinski definition) is 1. The summed E-state index contributed by atoms with van der Waals surface area (Å²) in [5.41, 5.74) is 0.863. The van der Waals surface area contributed by atoms with Crippen molar-refractivity contribution in [3.63, 3.8) is 0 Å². The molecule has 1 amide bonds. The molecule has 0 fully saturated rings. The van der Waals surface area contributed by atoms with Gasteiger partial charge in [0.1, 0.15) is 18.3 Å². The molecule has 0 unspecified atom stereocenters. The third kappa shape index (κ3) is 3.32. The Morgan fingerprint density at radius 2 is 2.11 bits per heavy atom. The zero-order chi connectivity index (χ0) is 19.0. The molecule has 0 atom stereocenters. The fraction of sp³-hybridized carbons (Fsp3) is 0.125. The minimum absolute atomic E-state index is 0.197. The molecule has 0 aliphatic carbocycles. The highest BCUT2D eigenvalue weighted by atomic mass is 35.5. The van der Waals surface area contributed by atoms with Crippen LogP contribution >= 0.6 is 22.9 Å². The van der Waals surface area contributed by atoms with Gasteiger partial charge in [0, 0.05) is 12.6 Å². The van der Waals surface area contributed by atoms with E-state index in [2.05, 4.69) is 25.6 Å². The number of carbonyl (C=O) groups excluding carboxylic acids is 1. The number of nitrogens with zero attached hydrogens (tertiary/aromatic N) is 6. The SMILES string of the molecule is Cn1ncc2c(=O)n(CC(=O)Nc3nnc(-c4ccccc4Cl)s3)cnc21. The summed E-state index contributed by atoms with van der Waals surface area (Å²) in [5, 5.41) is 16.4. The summed E-state index contributed by atoms with van der Waals surface area (Å²) >= 11 is 7.34. The van der Waals surface area contributed by atoms with Crippen LogP contribution in [0.3, 0.4) is 0 Å². The van der Waals surface area contributed by atoms with Gasteiger partial charge in [-0.05, 0) is 6.07 Å². The van der Waals surface area contributed by atoms with E-state index in [1.807, 2.05) is 18.2 Å². The summed E-state index contributed by atoms with van der Waals surface area (Å²) in [4.78, 5) is 28.8. The number of rotatable bonds is 4. The maximum absolute atomic E-state index is 12.4.